The lowest BCUT2D eigenvalue weighted by Crippen LogP contribution is -2.40. The Hall–Kier alpha value is -2.42. The molecule has 0 aliphatic carbocycles. The molecule has 0 spiro atoms. The summed E-state index contributed by atoms with van der Waals surface area (Å²) in [5, 5.41) is 2.60. The lowest BCUT2D eigenvalue weighted by molar-refractivity contribution is 0.0464. The van der Waals surface area contributed by atoms with E-state index in [4.69, 9.17) is 9.47 Å². The standard InChI is InChI=1S/C21H26N2O5S/c1-3-17-12-16(6-9-19(17)20-13-27-14-28-20)10-11-22-21(24)23-29(25,26)18-7-4-15(2)5-8-18/h4-9,12,20H,3,10-11,13-14H2,1-2H3,(H2,22,23,24). The zero-order chi connectivity index (χ0) is 20.9. The maximum atomic E-state index is 12.2. The molecular formula is C21H26N2O5S. The average Bonchev–Trinajstić information content (AvgIpc) is 3.22. The Morgan fingerprint density at radius 1 is 1.17 bits per heavy atom. The minimum atomic E-state index is -3.88. The van der Waals surface area contributed by atoms with E-state index in [1.807, 2.05) is 23.8 Å². The van der Waals surface area contributed by atoms with Gasteiger partial charge in [0.15, 0.2) is 0 Å². The molecule has 1 unspecified atom stereocenters. The highest BCUT2D eigenvalue weighted by Gasteiger charge is 2.21. The molecule has 2 N–H and O–H groups in total. The normalized spacial score (nSPS) is 16.6. The van der Waals surface area contributed by atoms with E-state index in [1.54, 1.807) is 12.1 Å². The summed E-state index contributed by atoms with van der Waals surface area (Å²) in [7, 11) is -3.88. The van der Waals surface area contributed by atoms with E-state index < -0.39 is 16.1 Å². The molecule has 29 heavy (non-hydrogen) atoms. The highest BCUT2D eigenvalue weighted by Crippen LogP contribution is 2.27. The number of sulfonamides is 1. The highest BCUT2D eigenvalue weighted by molar-refractivity contribution is 7.90. The summed E-state index contributed by atoms with van der Waals surface area (Å²) in [4.78, 5) is 12.1. The molecule has 1 aliphatic rings. The topological polar surface area (TPSA) is 93.7 Å². The molecule has 1 aliphatic heterocycles. The van der Waals surface area contributed by atoms with Crippen LogP contribution in [-0.4, -0.2) is 34.4 Å². The molecule has 1 saturated heterocycles. The molecule has 2 amide bonds. The lowest BCUT2D eigenvalue weighted by atomic mass is 9.97. The van der Waals surface area contributed by atoms with Crippen molar-refractivity contribution in [2.24, 2.45) is 0 Å². The summed E-state index contributed by atoms with van der Waals surface area (Å²) in [5.41, 5.74) is 4.32. The van der Waals surface area contributed by atoms with Gasteiger partial charge in [-0.15, -0.1) is 0 Å². The molecule has 1 fully saturated rings. The van der Waals surface area contributed by atoms with E-state index in [1.165, 1.54) is 17.7 Å². The molecule has 7 nitrogen and oxygen atoms in total. The summed E-state index contributed by atoms with van der Waals surface area (Å²) in [5.74, 6) is 0. The minimum absolute atomic E-state index is 0.0325. The van der Waals surface area contributed by atoms with Crippen LogP contribution < -0.4 is 10.0 Å². The van der Waals surface area contributed by atoms with Crippen molar-refractivity contribution in [2.45, 2.75) is 37.7 Å². The molecule has 2 aromatic rings. The number of hydrogen-bond donors (Lipinski definition) is 2. The van der Waals surface area contributed by atoms with Crippen molar-refractivity contribution in [1.29, 1.82) is 0 Å². The number of amides is 2. The van der Waals surface area contributed by atoms with Crippen LogP contribution in [0.2, 0.25) is 0 Å². The Bertz CT molecular complexity index is 952. The van der Waals surface area contributed by atoms with Crippen LogP contribution in [0.5, 0.6) is 0 Å². The Labute approximate surface area is 171 Å². The van der Waals surface area contributed by atoms with E-state index >= 15 is 0 Å². The van der Waals surface area contributed by atoms with Gasteiger partial charge < -0.3 is 14.8 Å². The second-order valence-corrected chi connectivity index (χ2v) is 8.64. The second-order valence-electron chi connectivity index (χ2n) is 6.96. The van der Waals surface area contributed by atoms with Gasteiger partial charge >= 0.3 is 6.03 Å². The third-order valence-electron chi connectivity index (χ3n) is 4.81. The van der Waals surface area contributed by atoms with Gasteiger partial charge in [0.05, 0.1) is 11.5 Å². The van der Waals surface area contributed by atoms with Gasteiger partial charge in [-0.3, -0.25) is 0 Å². The van der Waals surface area contributed by atoms with Gasteiger partial charge in [-0.2, -0.15) is 0 Å². The molecule has 0 radical (unpaired) electrons. The maximum Gasteiger partial charge on any atom is 0.328 e. The number of aryl methyl sites for hydroxylation is 2. The summed E-state index contributed by atoms with van der Waals surface area (Å²) in [6, 6.07) is 11.7. The second kappa shape index (κ2) is 9.39. The third-order valence-corrected chi connectivity index (χ3v) is 6.16. The number of ether oxygens (including phenoxy) is 2. The molecule has 0 saturated carbocycles. The van der Waals surface area contributed by atoms with Crippen molar-refractivity contribution in [1.82, 2.24) is 10.0 Å². The van der Waals surface area contributed by atoms with E-state index in [9.17, 15) is 13.2 Å². The molecule has 156 valence electrons. The fourth-order valence-corrected chi connectivity index (χ4v) is 4.13. The summed E-state index contributed by atoms with van der Waals surface area (Å²) < 4.78 is 37.4. The van der Waals surface area contributed by atoms with Crippen molar-refractivity contribution in [3.63, 3.8) is 0 Å². The van der Waals surface area contributed by atoms with Crippen molar-refractivity contribution < 1.29 is 22.7 Å². The molecule has 3 rings (SSSR count). The van der Waals surface area contributed by atoms with Gasteiger partial charge in [-0.05, 0) is 48.6 Å². The monoisotopic (exact) mass is 418 g/mol. The Morgan fingerprint density at radius 2 is 1.93 bits per heavy atom. The SMILES string of the molecule is CCc1cc(CCNC(=O)NS(=O)(=O)c2ccc(C)cc2)ccc1C1COCO1. The van der Waals surface area contributed by atoms with Crippen molar-refractivity contribution >= 4 is 16.1 Å². The molecule has 2 aromatic carbocycles. The van der Waals surface area contributed by atoms with Crippen molar-refractivity contribution in [3.05, 3.63) is 64.7 Å². The smallest absolute Gasteiger partial charge is 0.328 e. The largest absolute Gasteiger partial charge is 0.352 e. The third kappa shape index (κ3) is 5.56. The van der Waals surface area contributed by atoms with Gasteiger partial charge in [0, 0.05) is 6.54 Å². The number of urea groups is 1. The average molecular weight is 419 g/mol. The lowest BCUT2D eigenvalue weighted by Gasteiger charge is -2.15. The Morgan fingerprint density at radius 3 is 2.59 bits per heavy atom. The van der Waals surface area contributed by atoms with Crippen molar-refractivity contribution in [3.8, 4) is 0 Å². The quantitative estimate of drug-likeness (QED) is 0.721. The van der Waals surface area contributed by atoms with Crippen LogP contribution in [0.15, 0.2) is 47.4 Å². The molecular weight excluding hydrogens is 392 g/mol. The molecule has 0 aromatic heterocycles. The van der Waals surface area contributed by atoms with Crippen LogP contribution in [0.25, 0.3) is 0 Å². The maximum absolute atomic E-state index is 12.2. The predicted molar refractivity (Wildman–Crippen MR) is 109 cm³/mol. The number of carbonyl (C=O) groups excluding carboxylic acids is 1. The first kappa shape index (κ1) is 21.3. The van der Waals surface area contributed by atoms with Gasteiger partial charge in [-0.25, -0.2) is 17.9 Å². The van der Waals surface area contributed by atoms with E-state index in [-0.39, 0.29) is 11.0 Å². The van der Waals surface area contributed by atoms with Crippen LogP contribution in [0, 0.1) is 6.92 Å². The Balaban J connectivity index is 1.54. The fraction of sp³-hybridized carbons (Fsp3) is 0.381. The number of nitrogens with one attached hydrogen (secondary N) is 2. The number of hydrogen-bond acceptors (Lipinski definition) is 5. The first-order valence-electron chi connectivity index (χ1n) is 9.57. The van der Waals surface area contributed by atoms with Crippen molar-refractivity contribution in [2.75, 3.05) is 19.9 Å². The number of benzene rings is 2. The van der Waals surface area contributed by atoms with Gasteiger partial charge in [0.25, 0.3) is 10.0 Å². The Kier molecular flexibility index (Phi) is 6.89. The van der Waals surface area contributed by atoms with E-state index in [2.05, 4.69) is 18.3 Å². The highest BCUT2D eigenvalue weighted by atomic mass is 32.2. The predicted octanol–water partition coefficient (Wildman–Crippen LogP) is 2.83. The zero-order valence-electron chi connectivity index (χ0n) is 16.6. The zero-order valence-corrected chi connectivity index (χ0v) is 17.4. The number of rotatable bonds is 7. The van der Waals surface area contributed by atoms with E-state index in [0.717, 1.165) is 23.1 Å². The van der Waals surface area contributed by atoms with Crippen LogP contribution in [0.4, 0.5) is 4.79 Å². The van der Waals surface area contributed by atoms with Gasteiger partial charge in [0.2, 0.25) is 0 Å². The van der Waals surface area contributed by atoms with Gasteiger partial charge in [-0.1, -0.05) is 42.8 Å². The van der Waals surface area contributed by atoms with Gasteiger partial charge in [0.1, 0.15) is 12.9 Å². The number of carbonyl (C=O) groups is 1. The van der Waals surface area contributed by atoms with Crippen LogP contribution in [-0.2, 0) is 32.3 Å². The van der Waals surface area contributed by atoms with Crippen LogP contribution >= 0.6 is 0 Å². The van der Waals surface area contributed by atoms with Crippen LogP contribution in [0.1, 0.15) is 35.3 Å². The molecule has 1 atom stereocenters. The van der Waals surface area contributed by atoms with E-state index in [0.29, 0.717) is 26.4 Å². The molecule has 1 heterocycles. The summed E-state index contributed by atoms with van der Waals surface area (Å²) in [6.07, 6.45) is 1.42. The minimum Gasteiger partial charge on any atom is -0.352 e. The first-order valence-corrected chi connectivity index (χ1v) is 11.1. The summed E-state index contributed by atoms with van der Waals surface area (Å²) >= 11 is 0. The molecule has 0 bridgehead atoms. The van der Waals surface area contributed by atoms with Crippen LogP contribution in [0.3, 0.4) is 0 Å². The first-order chi connectivity index (χ1) is 13.9. The fourth-order valence-electron chi connectivity index (χ4n) is 3.20. The molecule has 8 heteroatoms. The summed E-state index contributed by atoms with van der Waals surface area (Å²) in [6.45, 7) is 5.14.